The highest BCUT2D eigenvalue weighted by atomic mass is 16.8. The van der Waals surface area contributed by atoms with Crippen LogP contribution in [0.15, 0.2) is 0 Å². The Morgan fingerprint density at radius 2 is 1.00 bits per heavy atom. The van der Waals surface area contributed by atoms with Crippen LogP contribution in [0.4, 0.5) is 0 Å². The van der Waals surface area contributed by atoms with Crippen LogP contribution in [-0.4, -0.2) is 104 Å². The maximum atomic E-state index is 5.90. The van der Waals surface area contributed by atoms with E-state index in [0.717, 1.165) is 13.1 Å². The van der Waals surface area contributed by atoms with Crippen molar-refractivity contribution in [3.63, 3.8) is 0 Å². The first-order valence-electron chi connectivity index (χ1n) is 9.10. The largest absolute Gasteiger partial charge is 0.378 e. The molecule has 4 heterocycles. The average Bonchev–Trinajstić information content (AvgIpc) is 2.64. The molecule has 25 heavy (non-hydrogen) atoms. The molecule has 0 saturated carbocycles. The van der Waals surface area contributed by atoms with Crippen LogP contribution in [-0.2, 0) is 33.2 Å². The maximum absolute atomic E-state index is 5.90. The Balaban J connectivity index is 1.42. The quantitative estimate of drug-likeness (QED) is 0.511. The summed E-state index contributed by atoms with van der Waals surface area (Å²) in [4.78, 5) is 0. The molecule has 2 N–H and O–H groups in total. The molecule has 4 bridgehead atoms. The van der Waals surface area contributed by atoms with E-state index in [-0.39, 0.29) is 24.8 Å². The lowest BCUT2D eigenvalue weighted by atomic mass is 10.2. The van der Waals surface area contributed by atoms with Gasteiger partial charge in [0.05, 0.1) is 52.9 Å². The molecule has 4 fully saturated rings. The highest BCUT2D eigenvalue weighted by molar-refractivity contribution is 4.80. The molecule has 4 atom stereocenters. The Morgan fingerprint density at radius 3 is 1.48 bits per heavy atom. The van der Waals surface area contributed by atoms with Gasteiger partial charge in [-0.2, -0.15) is 0 Å². The SMILES string of the molecule is C1COCCOCCOCCNC[C@@H]2OC[C@@H]3O[C@H](CN1)OC[C@@H]3O2. The second-order valence-corrected chi connectivity index (χ2v) is 6.12. The molecule has 146 valence electrons. The van der Waals surface area contributed by atoms with Crippen LogP contribution in [0.2, 0.25) is 0 Å². The van der Waals surface area contributed by atoms with E-state index in [1.54, 1.807) is 0 Å². The van der Waals surface area contributed by atoms with Crippen LogP contribution in [0.5, 0.6) is 0 Å². The van der Waals surface area contributed by atoms with E-state index in [1.807, 2.05) is 0 Å². The van der Waals surface area contributed by atoms with Gasteiger partial charge in [0, 0.05) is 26.2 Å². The molecule has 0 amide bonds. The molecule has 4 aliphatic heterocycles. The predicted octanol–water partition coefficient (Wildman–Crippen LogP) is -1.29. The summed E-state index contributed by atoms with van der Waals surface area (Å²) in [5.74, 6) is 0. The predicted molar refractivity (Wildman–Crippen MR) is 87.4 cm³/mol. The number of ether oxygens (including phenoxy) is 7. The van der Waals surface area contributed by atoms with E-state index in [9.17, 15) is 0 Å². The van der Waals surface area contributed by atoms with Crippen LogP contribution in [0.3, 0.4) is 0 Å². The molecule has 9 nitrogen and oxygen atoms in total. The summed E-state index contributed by atoms with van der Waals surface area (Å²) in [5, 5.41) is 6.54. The first kappa shape index (κ1) is 19.4. The molecule has 0 aromatic rings. The van der Waals surface area contributed by atoms with Crippen LogP contribution in [0.1, 0.15) is 0 Å². The molecule has 4 aliphatic rings. The van der Waals surface area contributed by atoms with Crippen LogP contribution >= 0.6 is 0 Å². The summed E-state index contributed by atoms with van der Waals surface area (Å²) in [6.45, 7) is 7.32. The van der Waals surface area contributed by atoms with Crippen molar-refractivity contribution in [2.45, 2.75) is 24.8 Å². The molecular weight excluding hydrogens is 332 g/mol. The second kappa shape index (κ2) is 11.4. The zero-order chi connectivity index (χ0) is 17.2. The van der Waals surface area contributed by atoms with Gasteiger partial charge in [-0.15, -0.1) is 0 Å². The Kier molecular flexibility index (Phi) is 8.83. The highest BCUT2D eigenvalue weighted by Crippen LogP contribution is 2.22. The van der Waals surface area contributed by atoms with Gasteiger partial charge in [-0.1, -0.05) is 0 Å². The van der Waals surface area contributed by atoms with Crippen molar-refractivity contribution in [3.05, 3.63) is 0 Å². The smallest absolute Gasteiger partial charge is 0.170 e. The number of hydrogen-bond donors (Lipinski definition) is 2. The molecule has 0 radical (unpaired) electrons. The van der Waals surface area contributed by atoms with E-state index < -0.39 is 0 Å². The second-order valence-electron chi connectivity index (χ2n) is 6.12. The van der Waals surface area contributed by atoms with Crippen molar-refractivity contribution in [2.75, 3.05) is 79.0 Å². The monoisotopic (exact) mass is 362 g/mol. The minimum Gasteiger partial charge on any atom is -0.378 e. The lowest BCUT2D eigenvalue weighted by molar-refractivity contribution is -0.333. The van der Waals surface area contributed by atoms with Gasteiger partial charge in [-0.25, -0.2) is 0 Å². The van der Waals surface area contributed by atoms with Crippen molar-refractivity contribution in [1.29, 1.82) is 0 Å². The van der Waals surface area contributed by atoms with Gasteiger partial charge in [0.1, 0.15) is 12.2 Å². The molecule has 0 aromatic carbocycles. The van der Waals surface area contributed by atoms with Crippen LogP contribution in [0.25, 0.3) is 0 Å². The van der Waals surface area contributed by atoms with Gasteiger partial charge in [0.25, 0.3) is 0 Å². The normalized spacial score (nSPS) is 37.4. The zero-order valence-corrected chi connectivity index (χ0v) is 14.7. The molecular formula is C16H30N2O7. The molecule has 0 aromatic heterocycles. The van der Waals surface area contributed by atoms with Crippen molar-refractivity contribution >= 4 is 0 Å². The topological polar surface area (TPSA) is 88.7 Å². The first-order valence-corrected chi connectivity index (χ1v) is 9.10. The number of rotatable bonds is 0. The molecule has 4 saturated heterocycles. The summed E-state index contributed by atoms with van der Waals surface area (Å²) < 4.78 is 39.7. The van der Waals surface area contributed by atoms with Crippen molar-refractivity contribution < 1.29 is 33.2 Å². The summed E-state index contributed by atoms with van der Waals surface area (Å²) in [7, 11) is 0. The molecule has 9 heteroatoms. The first-order chi connectivity index (χ1) is 12.4. The van der Waals surface area contributed by atoms with E-state index in [4.69, 9.17) is 33.2 Å². The standard InChI is InChI=1S/C16H30N2O7/c1-3-19-5-7-21-8-6-20-4-2-18-10-16-23-12-13-14(25-16)11-22-15(24-13)9-17-1/h13-18H,1-12H2/t13-,14-,15+,16+/m0/s1. The van der Waals surface area contributed by atoms with E-state index in [1.165, 1.54) is 0 Å². The van der Waals surface area contributed by atoms with E-state index >= 15 is 0 Å². The lowest BCUT2D eigenvalue weighted by Crippen LogP contribution is -2.56. The van der Waals surface area contributed by atoms with Crippen LogP contribution < -0.4 is 10.6 Å². The summed E-state index contributed by atoms with van der Waals surface area (Å²) in [6, 6.07) is 0. The Bertz CT molecular complexity index is 327. The Labute approximate surface area is 148 Å². The third kappa shape index (κ3) is 7.05. The van der Waals surface area contributed by atoms with Crippen molar-refractivity contribution in [1.82, 2.24) is 10.6 Å². The molecule has 0 unspecified atom stereocenters. The van der Waals surface area contributed by atoms with Gasteiger partial charge in [-0.3, -0.25) is 0 Å². The van der Waals surface area contributed by atoms with Gasteiger partial charge in [-0.05, 0) is 0 Å². The Morgan fingerprint density at radius 1 is 0.560 bits per heavy atom. The van der Waals surface area contributed by atoms with Crippen LogP contribution in [0, 0.1) is 0 Å². The summed E-state index contributed by atoms with van der Waals surface area (Å²) in [5.41, 5.74) is 0. The number of nitrogens with one attached hydrogen (secondary N) is 2. The lowest BCUT2D eigenvalue weighted by Gasteiger charge is -2.41. The third-order valence-electron chi connectivity index (χ3n) is 4.17. The van der Waals surface area contributed by atoms with Gasteiger partial charge >= 0.3 is 0 Å². The van der Waals surface area contributed by atoms with Gasteiger partial charge < -0.3 is 43.8 Å². The van der Waals surface area contributed by atoms with Crippen molar-refractivity contribution in [2.24, 2.45) is 0 Å². The van der Waals surface area contributed by atoms with Gasteiger partial charge in [0.2, 0.25) is 0 Å². The fourth-order valence-corrected chi connectivity index (χ4v) is 2.83. The minimum atomic E-state index is -0.280. The molecule has 0 aliphatic carbocycles. The van der Waals surface area contributed by atoms with Crippen molar-refractivity contribution in [3.8, 4) is 0 Å². The number of hydrogen-bond acceptors (Lipinski definition) is 9. The number of fused-ring (bicyclic) bond motifs is 16. The minimum absolute atomic E-state index is 0.0809. The van der Waals surface area contributed by atoms with Gasteiger partial charge in [0.15, 0.2) is 12.6 Å². The fourth-order valence-electron chi connectivity index (χ4n) is 2.83. The fraction of sp³-hybridized carbons (Fsp3) is 1.00. The molecule has 4 rings (SSSR count). The zero-order valence-electron chi connectivity index (χ0n) is 14.7. The molecule has 0 spiro atoms. The maximum Gasteiger partial charge on any atom is 0.170 e. The summed E-state index contributed by atoms with van der Waals surface area (Å²) in [6.07, 6.45) is -0.722. The average molecular weight is 362 g/mol. The van der Waals surface area contributed by atoms with E-state index in [0.29, 0.717) is 65.9 Å². The Hall–Kier alpha value is -0.360. The van der Waals surface area contributed by atoms with E-state index in [2.05, 4.69) is 10.6 Å². The third-order valence-corrected chi connectivity index (χ3v) is 4.17. The summed E-state index contributed by atoms with van der Waals surface area (Å²) >= 11 is 0. The highest BCUT2D eigenvalue weighted by Gasteiger charge is 2.38.